The largest absolute Gasteiger partial charge is 0.497 e. The van der Waals surface area contributed by atoms with Crippen molar-refractivity contribution < 1.29 is 32.6 Å². The smallest absolute Gasteiger partial charge is 0.374 e. The third-order valence-corrected chi connectivity index (χ3v) is 3.97. The van der Waals surface area contributed by atoms with E-state index < -0.39 is 11.9 Å². The number of methoxy groups -OCH3 is 3. The van der Waals surface area contributed by atoms with Gasteiger partial charge >= 0.3 is 5.97 Å². The molecular weight excluding hydrogens is 366 g/mol. The molecule has 0 saturated carbocycles. The van der Waals surface area contributed by atoms with Gasteiger partial charge < -0.3 is 23.0 Å². The Morgan fingerprint density at radius 1 is 0.929 bits per heavy atom. The molecule has 0 unspecified atom stereocenters. The number of rotatable bonds is 7. The van der Waals surface area contributed by atoms with Crippen LogP contribution in [0.2, 0.25) is 0 Å². The van der Waals surface area contributed by atoms with Gasteiger partial charge in [0.25, 0.3) is 5.91 Å². The molecule has 0 atom stereocenters. The number of amides is 1. The van der Waals surface area contributed by atoms with E-state index in [1.165, 1.54) is 19.2 Å². The van der Waals surface area contributed by atoms with Crippen molar-refractivity contribution in [1.29, 1.82) is 0 Å². The predicted molar refractivity (Wildman–Crippen MR) is 99.1 cm³/mol. The van der Waals surface area contributed by atoms with Gasteiger partial charge in [-0.2, -0.15) is 0 Å². The molecule has 0 aliphatic rings. The van der Waals surface area contributed by atoms with Crippen LogP contribution in [0.15, 0.2) is 51.3 Å². The summed E-state index contributed by atoms with van der Waals surface area (Å²) in [6, 6.07) is 11.6. The number of carbonyl (C=O) groups is 2. The minimum absolute atomic E-state index is 0.0111. The molecule has 0 bridgehead atoms. The molecule has 0 aliphatic heterocycles. The molecule has 1 amide bonds. The highest BCUT2D eigenvalue weighted by molar-refractivity contribution is 6.01. The lowest BCUT2D eigenvalue weighted by Crippen LogP contribution is -2.10. The zero-order chi connectivity index (χ0) is 20.1. The highest BCUT2D eigenvalue weighted by Crippen LogP contribution is 2.27. The fourth-order valence-electron chi connectivity index (χ4n) is 2.59. The molecule has 28 heavy (non-hydrogen) atoms. The molecular formula is C20H19NO7. The van der Waals surface area contributed by atoms with Gasteiger partial charge in [-0.1, -0.05) is 0 Å². The van der Waals surface area contributed by atoms with Crippen molar-refractivity contribution in [1.82, 2.24) is 0 Å². The molecule has 2 aromatic heterocycles. The first kappa shape index (κ1) is 19.1. The van der Waals surface area contributed by atoms with Crippen molar-refractivity contribution in [2.24, 2.45) is 0 Å². The van der Waals surface area contributed by atoms with Gasteiger partial charge in [0.15, 0.2) is 5.76 Å². The van der Waals surface area contributed by atoms with E-state index in [0.717, 1.165) is 5.56 Å². The molecule has 3 aromatic rings. The second kappa shape index (κ2) is 8.34. The second-order valence-electron chi connectivity index (χ2n) is 5.73. The Labute approximate surface area is 161 Å². The lowest BCUT2D eigenvalue weighted by molar-refractivity contribution is 0.0565. The topological polar surface area (TPSA) is 100 Å². The average molecular weight is 385 g/mol. The molecule has 1 N–H and O–H groups in total. The van der Waals surface area contributed by atoms with Gasteiger partial charge in [0.1, 0.15) is 17.3 Å². The van der Waals surface area contributed by atoms with E-state index in [9.17, 15) is 9.59 Å². The molecule has 0 fully saturated rings. The Balaban J connectivity index is 1.71. The molecule has 8 nitrogen and oxygen atoms in total. The van der Waals surface area contributed by atoms with Crippen LogP contribution in [-0.4, -0.2) is 33.2 Å². The predicted octanol–water partition coefficient (Wildman–Crippen LogP) is 3.52. The van der Waals surface area contributed by atoms with Gasteiger partial charge in [0.05, 0.1) is 21.3 Å². The fraction of sp³-hybridized carbons (Fsp3) is 0.200. The number of anilines is 1. The van der Waals surface area contributed by atoms with Crippen molar-refractivity contribution in [2.75, 3.05) is 26.6 Å². The van der Waals surface area contributed by atoms with Crippen LogP contribution in [0.5, 0.6) is 11.5 Å². The number of hydrogen-bond donors (Lipinski definition) is 1. The molecule has 3 rings (SSSR count). The third-order valence-electron chi connectivity index (χ3n) is 3.97. The van der Waals surface area contributed by atoms with Crippen molar-refractivity contribution in [3.8, 4) is 11.5 Å². The average Bonchev–Trinajstić information content (AvgIpc) is 3.37. The number of furan rings is 2. The monoisotopic (exact) mass is 385 g/mol. The standard InChI is InChI=1S/C20H19NO7/c1-24-13-4-6-15(25-2)12(10-13)11-14-5-7-16(27-14)19(22)21-18-9-8-17(28-18)20(23)26-3/h4-10H,11H2,1-3H3,(H,21,22). The van der Waals surface area contributed by atoms with Gasteiger partial charge in [-0.05, 0) is 36.4 Å². The summed E-state index contributed by atoms with van der Waals surface area (Å²) in [6.45, 7) is 0. The lowest BCUT2D eigenvalue weighted by atomic mass is 10.1. The van der Waals surface area contributed by atoms with Crippen LogP contribution in [0.1, 0.15) is 32.4 Å². The van der Waals surface area contributed by atoms with E-state index in [4.69, 9.17) is 18.3 Å². The Kier molecular flexibility index (Phi) is 5.69. The summed E-state index contributed by atoms with van der Waals surface area (Å²) < 4.78 is 26.0. The van der Waals surface area contributed by atoms with Crippen LogP contribution < -0.4 is 14.8 Å². The normalized spacial score (nSPS) is 10.4. The van der Waals surface area contributed by atoms with Gasteiger partial charge in [0.2, 0.25) is 11.6 Å². The summed E-state index contributed by atoms with van der Waals surface area (Å²) >= 11 is 0. The Morgan fingerprint density at radius 3 is 2.43 bits per heavy atom. The number of hydrogen-bond acceptors (Lipinski definition) is 7. The molecule has 8 heteroatoms. The molecule has 0 radical (unpaired) electrons. The van der Waals surface area contributed by atoms with Crippen LogP contribution in [0.3, 0.4) is 0 Å². The van der Waals surface area contributed by atoms with E-state index in [1.54, 1.807) is 38.5 Å². The van der Waals surface area contributed by atoms with Crippen molar-refractivity contribution in [3.05, 3.63) is 65.3 Å². The molecule has 146 valence electrons. The summed E-state index contributed by atoms with van der Waals surface area (Å²) in [6.07, 6.45) is 0.418. The molecule has 0 saturated heterocycles. The van der Waals surface area contributed by atoms with Crippen molar-refractivity contribution in [3.63, 3.8) is 0 Å². The highest BCUT2D eigenvalue weighted by atomic mass is 16.5. The van der Waals surface area contributed by atoms with E-state index in [-0.39, 0.29) is 17.4 Å². The second-order valence-corrected chi connectivity index (χ2v) is 5.73. The summed E-state index contributed by atoms with van der Waals surface area (Å²) in [5.74, 6) is 1.02. The van der Waals surface area contributed by atoms with Crippen LogP contribution in [0, 0.1) is 0 Å². The van der Waals surface area contributed by atoms with Crippen LogP contribution in [-0.2, 0) is 11.2 Å². The SMILES string of the molecule is COC(=O)c1ccc(NC(=O)c2ccc(Cc3cc(OC)ccc3OC)o2)o1. The summed E-state index contributed by atoms with van der Waals surface area (Å²) in [5, 5.41) is 2.52. The van der Waals surface area contributed by atoms with Crippen LogP contribution >= 0.6 is 0 Å². The maximum absolute atomic E-state index is 12.3. The van der Waals surface area contributed by atoms with Gasteiger partial charge in [0, 0.05) is 18.1 Å². The molecule has 1 aromatic carbocycles. The van der Waals surface area contributed by atoms with E-state index in [1.807, 2.05) is 6.07 Å². The van der Waals surface area contributed by atoms with E-state index in [2.05, 4.69) is 10.1 Å². The van der Waals surface area contributed by atoms with Crippen LogP contribution in [0.25, 0.3) is 0 Å². The minimum atomic E-state index is -0.631. The Hall–Kier alpha value is -3.68. The van der Waals surface area contributed by atoms with E-state index in [0.29, 0.717) is 23.7 Å². The number of ether oxygens (including phenoxy) is 3. The van der Waals surface area contributed by atoms with Gasteiger partial charge in [-0.15, -0.1) is 0 Å². The fourth-order valence-corrected chi connectivity index (χ4v) is 2.59. The summed E-state index contributed by atoms with van der Waals surface area (Å²) in [7, 11) is 4.41. The zero-order valence-corrected chi connectivity index (χ0v) is 15.6. The van der Waals surface area contributed by atoms with Gasteiger partial charge in [-0.3, -0.25) is 10.1 Å². The first-order chi connectivity index (χ1) is 13.5. The maximum Gasteiger partial charge on any atom is 0.374 e. The van der Waals surface area contributed by atoms with Crippen LogP contribution in [0.4, 0.5) is 5.88 Å². The summed E-state index contributed by atoms with van der Waals surface area (Å²) in [4.78, 5) is 23.7. The lowest BCUT2D eigenvalue weighted by Gasteiger charge is -2.09. The number of benzene rings is 1. The highest BCUT2D eigenvalue weighted by Gasteiger charge is 2.17. The number of carbonyl (C=O) groups excluding carboxylic acids is 2. The molecule has 0 aliphatic carbocycles. The van der Waals surface area contributed by atoms with Crippen molar-refractivity contribution in [2.45, 2.75) is 6.42 Å². The number of nitrogens with one attached hydrogen (secondary N) is 1. The Morgan fingerprint density at radius 2 is 1.71 bits per heavy atom. The van der Waals surface area contributed by atoms with E-state index >= 15 is 0 Å². The Bertz CT molecular complexity index is 986. The van der Waals surface area contributed by atoms with Crippen molar-refractivity contribution >= 4 is 17.8 Å². The minimum Gasteiger partial charge on any atom is -0.497 e. The zero-order valence-electron chi connectivity index (χ0n) is 15.6. The first-order valence-corrected chi connectivity index (χ1v) is 8.33. The first-order valence-electron chi connectivity index (χ1n) is 8.33. The molecule has 2 heterocycles. The molecule has 0 spiro atoms. The third kappa shape index (κ3) is 4.17. The quantitative estimate of drug-likeness (QED) is 0.621. The number of esters is 1. The summed E-state index contributed by atoms with van der Waals surface area (Å²) in [5.41, 5.74) is 0.858. The van der Waals surface area contributed by atoms with Gasteiger partial charge in [-0.25, -0.2) is 4.79 Å². The maximum atomic E-state index is 12.3.